The quantitative estimate of drug-likeness (QED) is 0.161. The van der Waals surface area contributed by atoms with Crippen LogP contribution in [0.25, 0.3) is 6.08 Å². The van der Waals surface area contributed by atoms with E-state index in [-0.39, 0.29) is 11.4 Å². The van der Waals surface area contributed by atoms with Crippen molar-refractivity contribution in [3.8, 4) is 23.0 Å². The second-order valence-corrected chi connectivity index (χ2v) is 13.2. The van der Waals surface area contributed by atoms with E-state index in [1.54, 1.807) is 51.6 Å². The number of anilines is 1. The summed E-state index contributed by atoms with van der Waals surface area (Å²) in [6.45, 7) is 5.67. The van der Waals surface area contributed by atoms with Gasteiger partial charge in [0.15, 0.2) is 0 Å². The Balaban J connectivity index is 1.43. The summed E-state index contributed by atoms with van der Waals surface area (Å²) < 4.78 is 51.5. The Hall–Kier alpha value is -4.47. The maximum Gasteiger partial charge on any atom is 0.242 e. The molecule has 0 aromatic heterocycles. The summed E-state index contributed by atoms with van der Waals surface area (Å²) in [5, 5.41) is 0. The van der Waals surface area contributed by atoms with Crippen molar-refractivity contribution in [3.63, 3.8) is 0 Å². The number of hydrogen-bond acceptors (Lipinski definition) is 7. The third kappa shape index (κ3) is 7.27. The average molecular weight is 629 g/mol. The third-order valence-electron chi connectivity index (χ3n) is 7.76. The van der Waals surface area contributed by atoms with E-state index < -0.39 is 15.6 Å². The van der Waals surface area contributed by atoms with Crippen LogP contribution < -0.4 is 23.8 Å². The second kappa shape index (κ2) is 13.7. The number of sulfonamides is 1. The van der Waals surface area contributed by atoms with Gasteiger partial charge < -0.3 is 23.8 Å². The van der Waals surface area contributed by atoms with Crippen LogP contribution in [0.1, 0.15) is 30.5 Å². The number of fused-ring (bicyclic) bond motifs is 1. The first-order valence-corrected chi connectivity index (χ1v) is 16.3. The van der Waals surface area contributed by atoms with Crippen LogP contribution in [0.15, 0.2) is 102 Å². The zero-order valence-electron chi connectivity index (χ0n) is 26.4. The lowest BCUT2D eigenvalue weighted by atomic mass is 9.99. The van der Waals surface area contributed by atoms with Crippen molar-refractivity contribution in [1.29, 1.82) is 0 Å². The van der Waals surface area contributed by atoms with Gasteiger partial charge in [-0.3, -0.25) is 0 Å². The maximum absolute atomic E-state index is 13.2. The van der Waals surface area contributed by atoms with Crippen LogP contribution in [0.2, 0.25) is 0 Å². The number of ether oxygens (including phenoxy) is 4. The lowest BCUT2D eigenvalue weighted by Crippen LogP contribution is -2.45. The fourth-order valence-corrected chi connectivity index (χ4v) is 6.78. The molecule has 1 atom stereocenters. The van der Waals surface area contributed by atoms with Gasteiger partial charge in [-0.15, -0.1) is 0 Å². The van der Waals surface area contributed by atoms with Crippen LogP contribution in [0.4, 0.5) is 5.69 Å². The summed E-state index contributed by atoms with van der Waals surface area (Å²) >= 11 is 0. The van der Waals surface area contributed by atoms with Gasteiger partial charge in [-0.2, -0.15) is 4.31 Å². The summed E-state index contributed by atoms with van der Waals surface area (Å²) in [6, 6.07) is 28.6. The molecule has 0 radical (unpaired) electrons. The number of hydrogen-bond donors (Lipinski definition) is 0. The molecule has 1 unspecified atom stereocenters. The zero-order valence-corrected chi connectivity index (χ0v) is 27.2. The normalized spacial score (nSPS) is 15.7. The molecule has 0 amide bonds. The van der Waals surface area contributed by atoms with Crippen molar-refractivity contribution >= 4 is 21.8 Å². The summed E-state index contributed by atoms with van der Waals surface area (Å²) in [4.78, 5) is 2.51. The first-order chi connectivity index (χ1) is 21.7. The van der Waals surface area contributed by atoms with E-state index in [9.17, 15) is 8.42 Å². The highest BCUT2D eigenvalue weighted by Gasteiger charge is 2.34. The topological polar surface area (TPSA) is 77.5 Å². The predicted molar refractivity (Wildman–Crippen MR) is 178 cm³/mol. The minimum absolute atomic E-state index is 0.152. The highest BCUT2D eigenvalue weighted by molar-refractivity contribution is 7.89. The molecule has 1 heterocycles. The van der Waals surface area contributed by atoms with Crippen molar-refractivity contribution in [2.24, 2.45) is 0 Å². The molecular weight excluding hydrogens is 588 g/mol. The summed E-state index contributed by atoms with van der Waals surface area (Å²) in [5.74, 6) is 2.74. The van der Waals surface area contributed by atoms with Gasteiger partial charge in [0, 0.05) is 37.0 Å². The van der Waals surface area contributed by atoms with Crippen LogP contribution >= 0.6 is 0 Å². The number of rotatable bonds is 13. The van der Waals surface area contributed by atoms with E-state index >= 15 is 0 Å². The van der Waals surface area contributed by atoms with Crippen LogP contribution in [0.3, 0.4) is 0 Å². The van der Waals surface area contributed by atoms with Crippen molar-refractivity contribution in [2.45, 2.75) is 37.4 Å². The van der Waals surface area contributed by atoms with E-state index in [0.717, 1.165) is 22.4 Å². The minimum Gasteiger partial charge on any atom is -0.496 e. The standard InChI is InChI=1S/C36H40N2O6S/c1-6-43-30-22-34(41-4)32(35(23-30)42-5)25-38(24-27-13-9-7-10-14-27)29-17-18-33-28(21-29)19-20-36(2,44-33)26-37(3)45(39,40)31-15-11-8-12-16-31/h7-23H,6,24-26H2,1-5H3. The first kappa shape index (κ1) is 31.9. The van der Waals surface area contributed by atoms with Crippen LogP contribution in [0, 0.1) is 0 Å². The van der Waals surface area contributed by atoms with Gasteiger partial charge in [0.2, 0.25) is 10.0 Å². The molecule has 0 spiro atoms. The molecule has 4 aromatic rings. The maximum atomic E-state index is 13.2. The van der Waals surface area contributed by atoms with Gasteiger partial charge in [0.25, 0.3) is 0 Å². The number of methoxy groups -OCH3 is 2. The van der Waals surface area contributed by atoms with Crippen molar-refractivity contribution in [3.05, 3.63) is 114 Å². The Labute approximate surface area is 266 Å². The fraction of sp³-hybridized carbons (Fsp3) is 0.278. The van der Waals surface area contributed by atoms with Gasteiger partial charge >= 0.3 is 0 Å². The molecular formula is C36H40N2O6S. The van der Waals surface area contributed by atoms with E-state index in [1.165, 1.54) is 4.31 Å². The van der Waals surface area contributed by atoms with Crippen molar-refractivity contribution in [2.75, 3.05) is 39.3 Å². The summed E-state index contributed by atoms with van der Waals surface area (Å²) in [6.07, 6.45) is 3.93. The molecule has 1 aliphatic heterocycles. The van der Waals surface area contributed by atoms with Crippen LogP contribution in [0.5, 0.6) is 23.0 Å². The highest BCUT2D eigenvalue weighted by Crippen LogP contribution is 2.39. The number of benzene rings is 4. The molecule has 8 nitrogen and oxygen atoms in total. The molecule has 0 N–H and O–H groups in total. The Morgan fingerprint density at radius 1 is 0.844 bits per heavy atom. The van der Waals surface area contributed by atoms with E-state index in [0.29, 0.717) is 42.7 Å². The molecule has 5 rings (SSSR count). The molecule has 236 valence electrons. The minimum atomic E-state index is -3.66. The predicted octanol–water partition coefficient (Wildman–Crippen LogP) is 6.79. The summed E-state index contributed by atoms with van der Waals surface area (Å²) in [7, 11) is 1.21. The third-order valence-corrected chi connectivity index (χ3v) is 9.58. The number of likely N-dealkylation sites (N-methyl/N-ethyl adjacent to an activating group) is 1. The molecule has 1 aliphatic rings. The molecule has 0 aliphatic carbocycles. The molecule has 45 heavy (non-hydrogen) atoms. The Bertz CT molecular complexity index is 1720. The summed E-state index contributed by atoms with van der Waals surface area (Å²) in [5.41, 5.74) is 3.09. The van der Waals surface area contributed by atoms with E-state index in [2.05, 4.69) is 23.1 Å². The van der Waals surface area contributed by atoms with E-state index in [1.807, 2.05) is 68.5 Å². The second-order valence-electron chi connectivity index (χ2n) is 11.1. The van der Waals surface area contributed by atoms with E-state index in [4.69, 9.17) is 18.9 Å². The lowest BCUT2D eigenvalue weighted by Gasteiger charge is -2.35. The molecule has 4 aromatic carbocycles. The number of nitrogens with zero attached hydrogens (tertiary/aromatic N) is 2. The van der Waals surface area contributed by atoms with Crippen LogP contribution in [-0.2, 0) is 23.1 Å². The fourth-order valence-electron chi connectivity index (χ4n) is 5.49. The Kier molecular flexibility index (Phi) is 9.70. The van der Waals surface area contributed by atoms with Gasteiger partial charge in [0.05, 0.1) is 44.4 Å². The molecule has 0 bridgehead atoms. The van der Waals surface area contributed by atoms with Crippen molar-refractivity contribution in [1.82, 2.24) is 4.31 Å². The molecule has 9 heteroatoms. The van der Waals surface area contributed by atoms with Gasteiger partial charge in [-0.1, -0.05) is 54.6 Å². The average Bonchev–Trinajstić information content (AvgIpc) is 3.05. The zero-order chi connectivity index (χ0) is 32.0. The highest BCUT2D eigenvalue weighted by atomic mass is 32.2. The Morgan fingerprint density at radius 2 is 1.49 bits per heavy atom. The first-order valence-electron chi connectivity index (χ1n) is 14.9. The smallest absolute Gasteiger partial charge is 0.242 e. The SMILES string of the molecule is CCOc1cc(OC)c(CN(Cc2ccccc2)c2ccc3c(c2)C=CC(C)(CN(C)S(=O)(=O)c2ccccc2)O3)c(OC)c1. The monoisotopic (exact) mass is 628 g/mol. The molecule has 0 saturated heterocycles. The largest absolute Gasteiger partial charge is 0.496 e. The Morgan fingerprint density at radius 3 is 2.11 bits per heavy atom. The van der Waals surface area contributed by atoms with Crippen LogP contribution in [-0.4, -0.2) is 52.7 Å². The molecule has 0 fully saturated rings. The van der Waals surface area contributed by atoms with Gasteiger partial charge in [-0.25, -0.2) is 8.42 Å². The lowest BCUT2D eigenvalue weighted by molar-refractivity contribution is 0.117. The van der Waals surface area contributed by atoms with Gasteiger partial charge in [0.1, 0.15) is 28.6 Å². The van der Waals surface area contributed by atoms with Gasteiger partial charge in [-0.05, 0) is 55.8 Å². The molecule has 0 saturated carbocycles. The van der Waals surface area contributed by atoms with Crippen molar-refractivity contribution < 1.29 is 27.4 Å².